The van der Waals surface area contributed by atoms with Crippen LogP contribution in [0, 0.1) is 0 Å². The Morgan fingerprint density at radius 1 is 1.09 bits per heavy atom. The van der Waals surface area contributed by atoms with Crippen LogP contribution in [0.1, 0.15) is 85.3 Å². The number of rotatable bonds is 12. The van der Waals surface area contributed by atoms with Crippen molar-refractivity contribution in [2.45, 2.75) is 96.0 Å². The molecule has 0 aliphatic heterocycles. The van der Waals surface area contributed by atoms with Crippen LogP contribution in [0.5, 0.6) is 5.75 Å². The maximum Gasteiger partial charge on any atom is 0.327 e. The number of aromatic hydroxyl groups is 1. The highest BCUT2D eigenvalue weighted by Gasteiger charge is 2.27. The molecule has 0 saturated heterocycles. The summed E-state index contributed by atoms with van der Waals surface area (Å²) < 4.78 is 28.2. The Labute approximate surface area is 204 Å². The summed E-state index contributed by atoms with van der Waals surface area (Å²) in [5.74, 6) is 0.479. The van der Waals surface area contributed by atoms with E-state index in [1.54, 1.807) is 0 Å². The van der Waals surface area contributed by atoms with Gasteiger partial charge in [0.05, 0.1) is 6.61 Å². The van der Waals surface area contributed by atoms with Gasteiger partial charge in [-0.2, -0.15) is 0 Å². The van der Waals surface area contributed by atoms with E-state index in [1.165, 1.54) is 25.5 Å². The zero-order valence-corrected chi connectivity index (χ0v) is 23.5. The smallest absolute Gasteiger partial charge is 0.327 e. The predicted octanol–water partition coefficient (Wildman–Crippen LogP) is 7.06. The standard InChI is InChI=1S/C25H43O6PS/c1-10-11-12-13-22(26)31-18(16-30-32(9,28)29-8)17-33-19-14-20(24(2,3)4)23(27)21(15-19)25(5,6)7/h14-15,18,27H,10-13,16-17H2,1-9H3. The van der Waals surface area contributed by atoms with Gasteiger partial charge in [0.2, 0.25) is 0 Å². The fourth-order valence-electron chi connectivity index (χ4n) is 3.18. The first kappa shape index (κ1) is 30.0. The van der Waals surface area contributed by atoms with E-state index < -0.39 is 13.7 Å². The molecule has 190 valence electrons. The van der Waals surface area contributed by atoms with Gasteiger partial charge in [-0.05, 0) is 29.4 Å². The normalized spacial score (nSPS) is 15.2. The zero-order chi connectivity index (χ0) is 25.4. The molecule has 1 N–H and O–H groups in total. The molecule has 0 aliphatic carbocycles. The second-order valence-electron chi connectivity index (χ2n) is 10.5. The summed E-state index contributed by atoms with van der Waals surface area (Å²) >= 11 is 1.53. The van der Waals surface area contributed by atoms with Crippen LogP contribution < -0.4 is 0 Å². The third kappa shape index (κ3) is 10.4. The zero-order valence-electron chi connectivity index (χ0n) is 21.8. The van der Waals surface area contributed by atoms with E-state index in [4.69, 9.17) is 13.8 Å². The molecule has 6 nitrogen and oxygen atoms in total. The van der Waals surface area contributed by atoms with E-state index in [9.17, 15) is 14.5 Å². The maximum absolute atomic E-state index is 12.3. The first-order valence-corrected chi connectivity index (χ1v) is 14.6. The van der Waals surface area contributed by atoms with Crippen LogP contribution in [0.3, 0.4) is 0 Å². The Morgan fingerprint density at radius 2 is 1.64 bits per heavy atom. The Morgan fingerprint density at radius 3 is 2.09 bits per heavy atom. The first-order chi connectivity index (χ1) is 15.1. The Balaban J connectivity index is 3.10. The first-order valence-electron chi connectivity index (χ1n) is 11.6. The lowest BCUT2D eigenvalue weighted by Crippen LogP contribution is -2.26. The summed E-state index contributed by atoms with van der Waals surface area (Å²) in [6, 6.07) is 3.99. The van der Waals surface area contributed by atoms with Crippen molar-refractivity contribution < 1.29 is 28.3 Å². The SMILES string of the molecule is CCCCCC(=O)OC(COP(C)(=O)OC)CSc1cc(C(C)(C)C)c(O)c(C(C)(C)C)c1. The number of ether oxygens (including phenoxy) is 1. The number of thioether (sulfide) groups is 1. The maximum atomic E-state index is 12.3. The van der Waals surface area contributed by atoms with Gasteiger partial charge >= 0.3 is 13.6 Å². The number of esters is 1. The highest BCUT2D eigenvalue weighted by molar-refractivity contribution is 7.99. The van der Waals surface area contributed by atoms with Crippen molar-refractivity contribution in [3.8, 4) is 5.75 Å². The van der Waals surface area contributed by atoms with E-state index in [-0.39, 0.29) is 23.4 Å². The second-order valence-corrected chi connectivity index (χ2v) is 13.8. The molecular formula is C25H43O6PS. The van der Waals surface area contributed by atoms with Crippen molar-refractivity contribution >= 4 is 25.3 Å². The number of unbranched alkanes of at least 4 members (excludes halogenated alkanes) is 2. The van der Waals surface area contributed by atoms with Gasteiger partial charge < -0.3 is 18.9 Å². The fraction of sp³-hybridized carbons (Fsp3) is 0.720. The molecule has 2 unspecified atom stereocenters. The number of carbonyl (C=O) groups is 1. The summed E-state index contributed by atoms with van der Waals surface area (Å²) in [5, 5.41) is 10.9. The molecule has 0 aliphatic rings. The quantitative estimate of drug-likeness (QED) is 0.142. The van der Waals surface area contributed by atoms with E-state index in [0.717, 1.165) is 35.3 Å². The molecule has 0 saturated carbocycles. The molecule has 2 atom stereocenters. The minimum Gasteiger partial charge on any atom is -0.507 e. The summed E-state index contributed by atoms with van der Waals surface area (Å²) in [6.07, 6.45) is 2.55. The number of hydrogen-bond donors (Lipinski definition) is 1. The number of carbonyl (C=O) groups excluding carboxylic acids is 1. The van der Waals surface area contributed by atoms with Crippen LogP contribution in [0.25, 0.3) is 0 Å². The highest BCUT2D eigenvalue weighted by atomic mass is 32.2. The molecule has 0 bridgehead atoms. The molecule has 33 heavy (non-hydrogen) atoms. The number of benzene rings is 1. The summed E-state index contributed by atoms with van der Waals surface area (Å²) in [4.78, 5) is 13.3. The Hall–Kier alpha value is -1.01. The lowest BCUT2D eigenvalue weighted by molar-refractivity contribution is -0.149. The van der Waals surface area contributed by atoms with E-state index in [2.05, 4.69) is 48.5 Å². The van der Waals surface area contributed by atoms with Gasteiger partial charge in [-0.15, -0.1) is 11.8 Å². The topological polar surface area (TPSA) is 82.1 Å². The minimum atomic E-state index is -3.19. The Kier molecular flexibility index (Phi) is 11.5. The van der Waals surface area contributed by atoms with E-state index in [0.29, 0.717) is 17.9 Å². The van der Waals surface area contributed by atoms with Crippen LogP contribution in [0.15, 0.2) is 17.0 Å². The third-order valence-electron chi connectivity index (χ3n) is 5.24. The molecule has 0 radical (unpaired) electrons. The number of phenols is 1. The van der Waals surface area contributed by atoms with Crippen LogP contribution in [-0.2, 0) is 34.0 Å². The van der Waals surface area contributed by atoms with Crippen LogP contribution in [0.2, 0.25) is 0 Å². The van der Waals surface area contributed by atoms with Crippen LogP contribution in [-0.4, -0.2) is 43.3 Å². The van der Waals surface area contributed by atoms with Crippen LogP contribution in [0.4, 0.5) is 0 Å². The predicted molar refractivity (Wildman–Crippen MR) is 137 cm³/mol. The molecule has 0 amide bonds. The average molecular weight is 503 g/mol. The molecular weight excluding hydrogens is 459 g/mol. The van der Waals surface area contributed by atoms with Gasteiger partial charge in [-0.3, -0.25) is 9.36 Å². The molecule has 1 rings (SSSR count). The summed E-state index contributed by atoms with van der Waals surface area (Å²) in [7, 11) is -1.86. The van der Waals surface area contributed by atoms with Crippen molar-refractivity contribution in [2.75, 3.05) is 26.1 Å². The fourth-order valence-corrected chi connectivity index (χ4v) is 4.66. The largest absolute Gasteiger partial charge is 0.507 e. The van der Waals surface area contributed by atoms with Gasteiger partial charge in [0, 0.05) is 42.0 Å². The highest BCUT2D eigenvalue weighted by Crippen LogP contribution is 2.44. The van der Waals surface area contributed by atoms with Crippen molar-refractivity contribution in [2.24, 2.45) is 0 Å². The van der Waals surface area contributed by atoms with Gasteiger partial charge in [0.1, 0.15) is 11.9 Å². The molecule has 8 heteroatoms. The Bertz CT molecular complexity index is 790. The summed E-state index contributed by atoms with van der Waals surface area (Å²) in [5.41, 5.74) is 1.28. The van der Waals surface area contributed by atoms with Gasteiger partial charge in [0.25, 0.3) is 0 Å². The van der Waals surface area contributed by atoms with Gasteiger partial charge in [-0.25, -0.2) is 0 Å². The monoisotopic (exact) mass is 502 g/mol. The summed E-state index contributed by atoms with van der Waals surface area (Å²) in [6.45, 7) is 15.9. The molecule has 0 aromatic heterocycles. The van der Waals surface area contributed by atoms with Gasteiger partial charge in [-0.1, -0.05) is 61.3 Å². The molecule has 0 spiro atoms. The molecule has 1 aromatic carbocycles. The molecule has 0 fully saturated rings. The van der Waals surface area contributed by atoms with Gasteiger partial charge in [0.15, 0.2) is 0 Å². The third-order valence-corrected chi connectivity index (χ3v) is 7.63. The molecule has 0 heterocycles. The van der Waals surface area contributed by atoms with Crippen LogP contribution >= 0.6 is 19.4 Å². The minimum absolute atomic E-state index is 0.00945. The number of hydrogen-bond acceptors (Lipinski definition) is 7. The number of phenolic OH excluding ortho intramolecular Hbond substituents is 1. The van der Waals surface area contributed by atoms with E-state index >= 15 is 0 Å². The lowest BCUT2D eigenvalue weighted by atomic mass is 9.79. The van der Waals surface area contributed by atoms with Crippen molar-refractivity contribution in [3.63, 3.8) is 0 Å². The van der Waals surface area contributed by atoms with E-state index in [1.807, 2.05) is 12.1 Å². The lowest BCUT2D eigenvalue weighted by Gasteiger charge is -2.28. The van der Waals surface area contributed by atoms with Crippen molar-refractivity contribution in [1.82, 2.24) is 0 Å². The average Bonchev–Trinajstić information content (AvgIpc) is 2.69. The van der Waals surface area contributed by atoms with Crippen molar-refractivity contribution in [3.05, 3.63) is 23.3 Å². The molecule has 1 aromatic rings. The second kappa shape index (κ2) is 12.6. The van der Waals surface area contributed by atoms with Crippen molar-refractivity contribution in [1.29, 1.82) is 0 Å².